The van der Waals surface area contributed by atoms with Gasteiger partial charge in [-0.2, -0.15) is 5.10 Å². The van der Waals surface area contributed by atoms with Crippen LogP contribution in [0.15, 0.2) is 53.3 Å². The summed E-state index contributed by atoms with van der Waals surface area (Å²) in [6, 6.07) is 13.8. The normalized spacial score (nSPS) is 15.8. The Kier molecular flexibility index (Phi) is 5.67. The Morgan fingerprint density at radius 2 is 1.79 bits per heavy atom. The monoisotopic (exact) mass is 381 g/mol. The summed E-state index contributed by atoms with van der Waals surface area (Å²) in [5.41, 5.74) is 0.882. The third-order valence-corrected chi connectivity index (χ3v) is 5.40. The quantitative estimate of drug-likeness (QED) is 0.662. The molecule has 2 aromatic carbocycles. The van der Waals surface area contributed by atoms with Crippen LogP contribution in [0.4, 0.5) is 4.39 Å². The van der Waals surface area contributed by atoms with Gasteiger partial charge in [0.25, 0.3) is 5.56 Å². The number of hydrogen-bond acceptors (Lipinski definition) is 4. The van der Waals surface area contributed by atoms with Crippen molar-refractivity contribution in [2.24, 2.45) is 0 Å². The second kappa shape index (κ2) is 8.52. The van der Waals surface area contributed by atoms with E-state index < -0.39 is 0 Å². The molecule has 28 heavy (non-hydrogen) atoms. The Morgan fingerprint density at radius 3 is 2.54 bits per heavy atom. The number of fused-ring (bicyclic) bond motifs is 1. The molecule has 0 atom stereocenters. The SMILES string of the molecule is O=c1[nH]nc(C2CCN(CCCOc3ccc(F)cc3)CC2)c2ccccc12. The van der Waals surface area contributed by atoms with Gasteiger partial charge in [0.2, 0.25) is 0 Å². The predicted molar refractivity (Wildman–Crippen MR) is 107 cm³/mol. The van der Waals surface area contributed by atoms with Gasteiger partial charge in [0.05, 0.1) is 17.7 Å². The maximum Gasteiger partial charge on any atom is 0.272 e. The van der Waals surface area contributed by atoms with Crippen molar-refractivity contribution in [3.05, 3.63) is 70.4 Å². The van der Waals surface area contributed by atoms with Crippen LogP contribution in [0.3, 0.4) is 0 Å². The first-order chi connectivity index (χ1) is 13.7. The smallest absolute Gasteiger partial charge is 0.272 e. The van der Waals surface area contributed by atoms with Crippen molar-refractivity contribution in [1.29, 1.82) is 0 Å². The van der Waals surface area contributed by atoms with Crippen molar-refractivity contribution in [3.63, 3.8) is 0 Å². The summed E-state index contributed by atoms with van der Waals surface area (Å²) < 4.78 is 18.6. The fourth-order valence-corrected chi connectivity index (χ4v) is 3.89. The Labute approximate surface area is 163 Å². The van der Waals surface area contributed by atoms with E-state index in [2.05, 4.69) is 15.1 Å². The summed E-state index contributed by atoms with van der Waals surface area (Å²) in [4.78, 5) is 14.4. The van der Waals surface area contributed by atoms with Crippen molar-refractivity contribution < 1.29 is 9.13 Å². The largest absolute Gasteiger partial charge is 0.494 e. The van der Waals surface area contributed by atoms with Crippen LogP contribution in [0.5, 0.6) is 5.75 Å². The molecule has 6 heteroatoms. The van der Waals surface area contributed by atoms with Crippen LogP contribution in [-0.4, -0.2) is 41.3 Å². The highest BCUT2D eigenvalue weighted by atomic mass is 19.1. The number of benzene rings is 2. The minimum Gasteiger partial charge on any atom is -0.494 e. The second-order valence-electron chi connectivity index (χ2n) is 7.26. The van der Waals surface area contributed by atoms with Crippen LogP contribution < -0.4 is 10.3 Å². The van der Waals surface area contributed by atoms with Crippen LogP contribution in [0.25, 0.3) is 10.8 Å². The lowest BCUT2D eigenvalue weighted by molar-refractivity contribution is 0.192. The number of halogens is 1. The summed E-state index contributed by atoms with van der Waals surface area (Å²) >= 11 is 0. The van der Waals surface area contributed by atoms with Gasteiger partial charge in [-0.05, 0) is 62.7 Å². The first kappa shape index (κ1) is 18.6. The summed E-state index contributed by atoms with van der Waals surface area (Å²) in [6.07, 6.45) is 2.99. The van der Waals surface area contributed by atoms with E-state index in [-0.39, 0.29) is 11.4 Å². The molecule has 3 aromatic rings. The van der Waals surface area contributed by atoms with E-state index in [1.165, 1.54) is 12.1 Å². The van der Waals surface area contributed by atoms with E-state index in [9.17, 15) is 9.18 Å². The van der Waals surface area contributed by atoms with Gasteiger partial charge < -0.3 is 9.64 Å². The van der Waals surface area contributed by atoms with Crippen LogP contribution >= 0.6 is 0 Å². The third-order valence-electron chi connectivity index (χ3n) is 5.40. The number of aromatic amines is 1. The number of rotatable bonds is 6. The lowest BCUT2D eigenvalue weighted by atomic mass is 9.90. The number of aromatic nitrogens is 2. The van der Waals surface area contributed by atoms with Gasteiger partial charge >= 0.3 is 0 Å². The molecule has 4 rings (SSSR count). The zero-order valence-electron chi connectivity index (χ0n) is 15.7. The predicted octanol–water partition coefficient (Wildman–Crippen LogP) is 3.71. The summed E-state index contributed by atoms with van der Waals surface area (Å²) in [5, 5.41) is 8.71. The molecule has 146 valence electrons. The molecule has 0 unspecified atom stereocenters. The van der Waals surface area contributed by atoms with Gasteiger partial charge in [-0.25, -0.2) is 9.49 Å². The summed E-state index contributed by atoms with van der Waals surface area (Å²) in [7, 11) is 0. The Bertz CT molecular complexity index is 979. The van der Waals surface area contributed by atoms with Gasteiger partial charge in [-0.3, -0.25) is 4.79 Å². The second-order valence-corrected chi connectivity index (χ2v) is 7.26. The van der Waals surface area contributed by atoms with Crippen LogP contribution in [0.2, 0.25) is 0 Å². The lowest BCUT2D eigenvalue weighted by Gasteiger charge is -2.31. The molecular formula is C22H24FN3O2. The third kappa shape index (κ3) is 4.22. The van der Waals surface area contributed by atoms with Gasteiger partial charge in [0.15, 0.2) is 0 Å². The van der Waals surface area contributed by atoms with Crippen LogP contribution in [-0.2, 0) is 0 Å². The molecule has 0 bridgehead atoms. The Morgan fingerprint density at radius 1 is 1.07 bits per heavy atom. The number of likely N-dealkylation sites (tertiary alicyclic amines) is 1. The number of piperidine rings is 1. The molecule has 5 nitrogen and oxygen atoms in total. The molecule has 0 spiro atoms. The van der Waals surface area contributed by atoms with Crippen molar-refractivity contribution in [2.45, 2.75) is 25.2 Å². The first-order valence-corrected chi connectivity index (χ1v) is 9.79. The molecule has 1 N–H and O–H groups in total. The highest BCUT2D eigenvalue weighted by molar-refractivity contribution is 5.83. The maximum absolute atomic E-state index is 12.9. The molecule has 1 aliphatic rings. The van der Waals surface area contributed by atoms with Crippen molar-refractivity contribution in [2.75, 3.05) is 26.2 Å². The number of nitrogens with zero attached hydrogens (tertiary/aromatic N) is 2. The van der Waals surface area contributed by atoms with E-state index in [4.69, 9.17) is 4.74 Å². The molecule has 0 radical (unpaired) electrons. The molecular weight excluding hydrogens is 357 g/mol. The molecule has 0 amide bonds. The molecule has 1 aromatic heterocycles. The van der Waals surface area contributed by atoms with Crippen molar-refractivity contribution >= 4 is 10.8 Å². The van der Waals surface area contributed by atoms with E-state index in [0.29, 0.717) is 23.7 Å². The fraction of sp³-hybridized carbons (Fsp3) is 0.364. The van der Waals surface area contributed by atoms with Gasteiger partial charge in [0.1, 0.15) is 11.6 Å². The Hall–Kier alpha value is -2.73. The average Bonchev–Trinajstić information content (AvgIpc) is 2.74. The summed E-state index contributed by atoms with van der Waals surface area (Å²) in [5.74, 6) is 0.824. The Balaban J connectivity index is 1.28. The van der Waals surface area contributed by atoms with Gasteiger partial charge in [0, 0.05) is 17.8 Å². The summed E-state index contributed by atoms with van der Waals surface area (Å²) in [6.45, 7) is 3.62. The maximum atomic E-state index is 12.9. The lowest BCUT2D eigenvalue weighted by Crippen LogP contribution is -2.34. The number of ether oxygens (including phenoxy) is 1. The topological polar surface area (TPSA) is 58.2 Å². The van der Waals surface area contributed by atoms with E-state index in [1.54, 1.807) is 12.1 Å². The molecule has 2 heterocycles. The van der Waals surface area contributed by atoms with Gasteiger partial charge in [-0.1, -0.05) is 18.2 Å². The zero-order chi connectivity index (χ0) is 19.3. The van der Waals surface area contributed by atoms with E-state index >= 15 is 0 Å². The van der Waals surface area contributed by atoms with Crippen LogP contribution in [0, 0.1) is 5.82 Å². The molecule has 0 aliphatic carbocycles. The number of nitrogens with one attached hydrogen (secondary N) is 1. The molecule has 0 saturated carbocycles. The number of hydrogen-bond donors (Lipinski definition) is 1. The molecule has 1 aliphatic heterocycles. The fourth-order valence-electron chi connectivity index (χ4n) is 3.89. The number of H-pyrrole nitrogens is 1. The van der Waals surface area contributed by atoms with Crippen LogP contribution in [0.1, 0.15) is 30.9 Å². The highest BCUT2D eigenvalue weighted by Gasteiger charge is 2.23. The minimum absolute atomic E-state index is 0.127. The van der Waals surface area contributed by atoms with Crippen molar-refractivity contribution in [1.82, 2.24) is 15.1 Å². The van der Waals surface area contributed by atoms with E-state index in [1.807, 2.05) is 24.3 Å². The zero-order valence-corrected chi connectivity index (χ0v) is 15.7. The molecule has 1 fully saturated rings. The minimum atomic E-state index is -0.250. The molecule has 1 saturated heterocycles. The first-order valence-electron chi connectivity index (χ1n) is 9.79. The highest BCUT2D eigenvalue weighted by Crippen LogP contribution is 2.30. The average molecular weight is 381 g/mol. The van der Waals surface area contributed by atoms with Crippen molar-refractivity contribution in [3.8, 4) is 5.75 Å². The van der Waals surface area contributed by atoms with Gasteiger partial charge in [-0.15, -0.1) is 0 Å². The van der Waals surface area contributed by atoms with E-state index in [0.717, 1.165) is 50.0 Å². The standard InChI is InChI=1S/C22H24FN3O2/c23-17-6-8-18(9-7-17)28-15-3-12-26-13-10-16(11-14-26)21-19-4-1-2-5-20(19)22(27)25-24-21/h1-2,4-9,16H,3,10-15H2,(H,25,27).